The molecule has 0 N–H and O–H groups in total. The monoisotopic (exact) mass is 461 g/mol. The first-order chi connectivity index (χ1) is 17.9. The van der Waals surface area contributed by atoms with Gasteiger partial charge in [-0.15, -0.1) is 0 Å². The average Bonchev–Trinajstić information content (AvgIpc) is 3.34. The highest BCUT2D eigenvalue weighted by atomic mass is 16.3. The topological polar surface area (TPSA) is 16.4 Å². The maximum absolute atomic E-state index is 6.66. The first-order valence-electron chi connectivity index (χ1n) is 12.2. The van der Waals surface area contributed by atoms with E-state index in [1.165, 1.54) is 16.3 Å². The lowest BCUT2D eigenvalue weighted by Crippen LogP contribution is -2.10. The summed E-state index contributed by atoms with van der Waals surface area (Å²) in [5.74, 6) is 0. The van der Waals surface area contributed by atoms with Crippen LogP contribution in [-0.4, -0.2) is 0 Å². The second-order valence-electron chi connectivity index (χ2n) is 9.01. The molecule has 1 aromatic heterocycles. The highest BCUT2D eigenvalue weighted by Crippen LogP contribution is 2.45. The second kappa shape index (κ2) is 8.44. The Labute approximate surface area is 209 Å². The molecule has 0 aliphatic heterocycles. The van der Waals surface area contributed by atoms with Crippen molar-refractivity contribution in [2.45, 2.75) is 0 Å². The Morgan fingerprint density at radius 1 is 0.472 bits per heavy atom. The third-order valence-electron chi connectivity index (χ3n) is 6.82. The molecule has 0 radical (unpaired) electrons. The fraction of sp³-hybridized carbons (Fsp3) is 0. The van der Waals surface area contributed by atoms with E-state index in [1.807, 2.05) is 0 Å². The van der Waals surface area contributed by atoms with Gasteiger partial charge in [0.25, 0.3) is 0 Å². The van der Waals surface area contributed by atoms with Crippen LogP contribution in [0.25, 0.3) is 43.8 Å². The van der Waals surface area contributed by atoms with Crippen LogP contribution in [0.15, 0.2) is 144 Å². The lowest BCUT2D eigenvalue weighted by Gasteiger charge is -2.26. The van der Waals surface area contributed by atoms with Crippen molar-refractivity contribution >= 4 is 49.8 Å². The molecule has 1 heterocycles. The van der Waals surface area contributed by atoms with Gasteiger partial charge < -0.3 is 9.32 Å². The molecule has 0 unspecified atom stereocenters. The Kier molecular flexibility index (Phi) is 4.82. The molecule has 0 bridgehead atoms. The lowest BCUT2D eigenvalue weighted by atomic mass is 9.98. The standard InChI is InChI=1S/C34H23NO/c1-4-12-24(13-5-1)26-22-30-33-29-19-11-10-14-25(29)20-21-32(33)36-34(30)31(23-26)35(27-15-6-2-7-16-27)28-17-8-3-9-18-28/h1-23H. The minimum absolute atomic E-state index is 0.883. The van der Waals surface area contributed by atoms with E-state index in [1.54, 1.807) is 0 Å². The van der Waals surface area contributed by atoms with Crippen LogP contribution in [0.2, 0.25) is 0 Å². The van der Waals surface area contributed by atoms with Crippen molar-refractivity contribution in [2.75, 3.05) is 4.90 Å². The number of rotatable bonds is 4. The SMILES string of the molecule is c1ccc(-c2cc(N(c3ccccc3)c3ccccc3)c3oc4ccc5ccccc5c4c3c2)cc1. The summed E-state index contributed by atoms with van der Waals surface area (Å²) < 4.78 is 6.66. The lowest BCUT2D eigenvalue weighted by molar-refractivity contribution is 0.669. The summed E-state index contributed by atoms with van der Waals surface area (Å²) in [6.07, 6.45) is 0. The number of fused-ring (bicyclic) bond motifs is 5. The molecular formula is C34H23NO. The van der Waals surface area contributed by atoms with Gasteiger partial charge >= 0.3 is 0 Å². The van der Waals surface area contributed by atoms with E-state index in [0.29, 0.717) is 0 Å². The van der Waals surface area contributed by atoms with Gasteiger partial charge in [0.05, 0.1) is 5.69 Å². The molecule has 0 aliphatic rings. The number of anilines is 3. The number of furan rings is 1. The molecule has 0 saturated heterocycles. The number of hydrogen-bond acceptors (Lipinski definition) is 2. The Hall–Kier alpha value is -4.82. The van der Waals surface area contributed by atoms with Gasteiger partial charge in [-0.3, -0.25) is 0 Å². The van der Waals surface area contributed by atoms with Crippen molar-refractivity contribution in [2.24, 2.45) is 0 Å². The van der Waals surface area contributed by atoms with Gasteiger partial charge in [0, 0.05) is 22.1 Å². The first kappa shape index (κ1) is 20.5. The van der Waals surface area contributed by atoms with E-state index in [9.17, 15) is 0 Å². The molecular weight excluding hydrogens is 438 g/mol. The fourth-order valence-electron chi connectivity index (χ4n) is 5.18. The molecule has 6 aromatic carbocycles. The van der Waals surface area contributed by atoms with Crippen molar-refractivity contribution in [3.05, 3.63) is 140 Å². The normalized spacial score (nSPS) is 11.3. The van der Waals surface area contributed by atoms with Gasteiger partial charge in [-0.1, -0.05) is 97.1 Å². The summed E-state index contributed by atoms with van der Waals surface area (Å²) in [5.41, 5.74) is 7.30. The fourth-order valence-corrected chi connectivity index (χ4v) is 5.18. The van der Waals surface area contributed by atoms with Crippen LogP contribution >= 0.6 is 0 Å². The van der Waals surface area contributed by atoms with Crippen molar-refractivity contribution in [1.29, 1.82) is 0 Å². The van der Waals surface area contributed by atoms with Crippen LogP contribution in [0.1, 0.15) is 0 Å². The van der Waals surface area contributed by atoms with E-state index in [-0.39, 0.29) is 0 Å². The van der Waals surface area contributed by atoms with E-state index in [0.717, 1.165) is 44.6 Å². The van der Waals surface area contributed by atoms with Gasteiger partial charge in [-0.05, 0) is 64.4 Å². The summed E-state index contributed by atoms with van der Waals surface area (Å²) >= 11 is 0. The predicted octanol–water partition coefficient (Wildman–Crippen LogP) is 9.88. The zero-order valence-electron chi connectivity index (χ0n) is 19.6. The smallest absolute Gasteiger partial charge is 0.159 e. The van der Waals surface area contributed by atoms with Gasteiger partial charge in [0.2, 0.25) is 0 Å². The summed E-state index contributed by atoms with van der Waals surface area (Å²) in [5, 5.41) is 4.69. The van der Waals surface area contributed by atoms with Gasteiger partial charge in [-0.2, -0.15) is 0 Å². The van der Waals surface area contributed by atoms with Gasteiger partial charge in [0.1, 0.15) is 5.58 Å². The molecule has 36 heavy (non-hydrogen) atoms. The molecule has 7 aromatic rings. The number of benzene rings is 6. The first-order valence-corrected chi connectivity index (χ1v) is 12.2. The average molecular weight is 462 g/mol. The summed E-state index contributed by atoms with van der Waals surface area (Å²) in [6, 6.07) is 48.9. The molecule has 0 amide bonds. The van der Waals surface area contributed by atoms with Crippen molar-refractivity contribution < 1.29 is 4.42 Å². The Morgan fingerprint density at radius 2 is 1.08 bits per heavy atom. The quantitative estimate of drug-likeness (QED) is 0.259. The number of hydrogen-bond donors (Lipinski definition) is 0. The molecule has 0 aliphatic carbocycles. The molecule has 2 heteroatoms. The van der Waals surface area contributed by atoms with Gasteiger partial charge in [-0.25, -0.2) is 0 Å². The number of nitrogens with zero attached hydrogens (tertiary/aromatic N) is 1. The van der Waals surface area contributed by atoms with Crippen LogP contribution in [-0.2, 0) is 0 Å². The highest BCUT2D eigenvalue weighted by Gasteiger charge is 2.21. The Balaban J connectivity index is 1.63. The van der Waals surface area contributed by atoms with Gasteiger partial charge in [0.15, 0.2) is 5.58 Å². The predicted molar refractivity (Wildman–Crippen MR) is 151 cm³/mol. The van der Waals surface area contributed by atoms with Crippen molar-refractivity contribution in [1.82, 2.24) is 0 Å². The minimum atomic E-state index is 0.883. The Bertz CT molecular complexity index is 1780. The maximum Gasteiger partial charge on any atom is 0.159 e. The second-order valence-corrected chi connectivity index (χ2v) is 9.01. The van der Waals surface area contributed by atoms with Crippen LogP contribution in [0.3, 0.4) is 0 Å². The molecule has 7 rings (SSSR count). The Morgan fingerprint density at radius 3 is 1.78 bits per heavy atom. The molecule has 2 nitrogen and oxygen atoms in total. The molecule has 0 fully saturated rings. The highest BCUT2D eigenvalue weighted by molar-refractivity contribution is 6.21. The third-order valence-corrected chi connectivity index (χ3v) is 6.82. The summed E-state index contributed by atoms with van der Waals surface area (Å²) in [6.45, 7) is 0. The number of para-hydroxylation sites is 2. The van der Waals surface area contributed by atoms with Crippen LogP contribution in [0.4, 0.5) is 17.1 Å². The van der Waals surface area contributed by atoms with Crippen LogP contribution in [0.5, 0.6) is 0 Å². The zero-order valence-corrected chi connectivity index (χ0v) is 19.6. The maximum atomic E-state index is 6.66. The third kappa shape index (κ3) is 3.35. The molecule has 0 saturated carbocycles. The van der Waals surface area contributed by atoms with E-state index in [2.05, 4.69) is 144 Å². The van der Waals surface area contributed by atoms with E-state index in [4.69, 9.17) is 4.42 Å². The minimum Gasteiger partial charge on any atom is -0.454 e. The molecule has 170 valence electrons. The van der Waals surface area contributed by atoms with Crippen molar-refractivity contribution in [3.8, 4) is 11.1 Å². The molecule has 0 spiro atoms. The summed E-state index contributed by atoms with van der Waals surface area (Å²) in [7, 11) is 0. The van der Waals surface area contributed by atoms with E-state index < -0.39 is 0 Å². The van der Waals surface area contributed by atoms with Crippen LogP contribution < -0.4 is 4.90 Å². The largest absolute Gasteiger partial charge is 0.454 e. The van der Waals surface area contributed by atoms with Crippen LogP contribution in [0, 0.1) is 0 Å². The molecule has 0 atom stereocenters. The summed E-state index contributed by atoms with van der Waals surface area (Å²) in [4.78, 5) is 2.29. The zero-order chi connectivity index (χ0) is 23.9. The van der Waals surface area contributed by atoms with Crippen molar-refractivity contribution in [3.63, 3.8) is 0 Å². The van der Waals surface area contributed by atoms with E-state index >= 15 is 0 Å².